The van der Waals surface area contributed by atoms with Gasteiger partial charge in [-0.15, -0.1) is 11.3 Å². The lowest BCUT2D eigenvalue weighted by molar-refractivity contribution is 0.497. The summed E-state index contributed by atoms with van der Waals surface area (Å²) in [6.07, 6.45) is 2.03. The molecule has 2 heterocycles. The maximum atomic E-state index is 5.46. The van der Waals surface area contributed by atoms with Crippen LogP contribution in [0.25, 0.3) is 0 Å². The van der Waals surface area contributed by atoms with Crippen molar-refractivity contribution in [3.63, 3.8) is 0 Å². The van der Waals surface area contributed by atoms with Gasteiger partial charge in [0, 0.05) is 17.3 Å². The number of hydrogen-bond donors (Lipinski definition) is 1. The molecule has 19 heavy (non-hydrogen) atoms. The van der Waals surface area contributed by atoms with Crippen LogP contribution in [0.4, 0.5) is 0 Å². The lowest BCUT2D eigenvalue weighted by atomic mass is 9.92. The zero-order valence-electron chi connectivity index (χ0n) is 12.4. The van der Waals surface area contributed by atoms with Crippen molar-refractivity contribution < 1.29 is 0 Å². The minimum absolute atomic E-state index is 0.0649. The number of aryl methyl sites for hydroxylation is 2. The fraction of sp³-hybridized carbons (Fsp3) is 0.571. The van der Waals surface area contributed by atoms with Crippen LogP contribution in [0.1, 0.15) is 55.0 Å². The molecule has 1 atom stereocenters. The highest BCUT2D eigenvalue weighted by atomic mass is 32.1. The van der Waals surface area contributed by atoms with Gasteiger partial charge in [-0.1, -0.05) is 20.8 Å². The standard InChI is InChI=1S/C14H21N3S2/c1-8-12(19-10(3)16-8)9(2)17-11(14(4,5)6)7-15-13(17)18/h7,9H,1-6H3,(H,15,18). The summed E-state index contributed by atoms with van der Waals surface area (Å²) in [6.45, 7) is 12.9. The average Bonchev–Trinajstić information content (AvgIpc) is 2.80. The second-order valence-electron chi connectivity index (χ2n) is 5.96. The zero-order chi connectivity index (χ0) is 14.4. The molecule has 0 saturated carbocycles. The Hall–Kier alpha value is -0.940. The quantitative estimate of drug-likeness (QED) is 0.826. The molecule has 2 aromatic heterocycles. The van der Waals surface area contributed by atoms with Crippen LogP contribution < -0.4 is 0 Å². The Morgan fingerprint density at radius 3 is 2.47 bits per heavy atom. The lowest BCUT2D eigenvalue weighted by Crippen LogP contribution is -2.20. The van der Waals surface area contributed by atoms with Crippen LogP contribution in [-0.4, -0.2) is 14.5 Å². The van der Waals surface area contributed by atoms with Crippen LogP contribution in [0.2, 0.25) is 0 Å². The highest BCUT2D eigenvalue weighted by Gasteiger charge is 2.24. The van der Waals surface area contributed by atoms with E-state index in [0.717, 1.165) is 15.5 Å². The molecule has 2 aromatic rings. The first-order valence-corrected chi connectivity index (χ1v) is 7.68. The van der Waals surface area contributed by atoms with Crippen LogP contribution >= 0.6 is 23.6 Å². The van der Waals surface area contributed by atoms with E-state index in [2.05, 4.69) is 56.1 Å². The number of imidazole rings is 1. The molecule has 0 saturated heterocycles. The first kappa shape index (κ1) is 14.5. The van der Waals surface area contributed by atoms with Gasteiger partial charge < -0.3 is 9.55 Å². The summed E-state index contributed by atoms with van der Waals surface area (Å²) in [5.74, 6) is 0. The maximum Gasteiger partial charge on any atom is 0.177 e. The average molecular weight is 295 g/mol. The van der Waals surface area contributed by atoms with Crippen LogP contribution in [0.15, 0.2) is 6.20 Å². The molecule has 0 spiro atoms. The van der Waals surface area contributed by atoms with Crippen molar-refractivity contribution in [1.29, 1.82) is 0 Å². The van der Waals surface area contributed by atoms with Gasteiger partial charge in [0.05, 0.1) is 21.6 Å². The molecule has 0 aliphatic rings. The number of rotatable bonds is 2. The molecule has 0 aliphatic carbocycles. The molecule has 2 rings (SSSR count). The third-order valence-electron chi connectivity index (χ3n) is 3.29. The Kier molecular flexibility index (Phi) is 3.71. The summed E-state index contributed by atoms with van der Waals surface area (Å²) in [6, 6.07) is 0.221. The second-order valence-corrected chi connectivity index (χ2v) is 7.58. The fourth-order valence-corrected chi connectivity index (χ4v) is 3.68. The Bertz CT molecular complexity index is 640. The molecule has 104 valence electrons. The van der Waals surface area contributed by atoms with Crippen molar-refractivity contribution in [2.24, 2.45) is 0 Å². The van der Waals surface area contributed by atoms with Gasteiger partial charge in [-0.25, -0.2) is 4.98 Å². The highest BCUT2D eigenvalue weighted by molar-refractivity contribution is 7.71. The first-order valence-electron chi connectivity index (χ1n) is 6.46. The monoisotopic (exact) mass is 295 g/mol. The summed E-state index contributed by atoms with van der Waals surface area (Å²) in [5, 5.41) is 1.11. The van der Waals surface area contributed by atoms with Crippen molar-refractivity contribution >= 4 is 23.6 Å². The maximum absolute atomic E-state index is 5.46. The number of aromatic amines is 1. The van der Waals surface area contributed by atoms with E-state index in [9.17, 15) is 0 Å². The van der Waals surface area contributed by atoms with E-state index in [1.165, 1.54) is 10.6 Å². The molecular weight excluding hydrogens is 274 g/mol. The summed E-state index contributed by atoms with van der Waals surface area (Å²) < 4.78 is 3.00. The highest BCUT2D eigenvalue weighted by Crippen LogP contribution is 2.32. The predicted octanol–water partition coefficient (Wildman–Crippen LogP) is 4.53. The van der Waals surface area contributed by atoms with E-state index in [0.29, 0.717) is 0 Å². The van der Waals surface area contributed by atoms with Gasteiger partial charge in [-0.05, 0) is 33.0 Å². The first-order chi connectivity index (χ1) is 8.71. The molecule has 1 unspecified atom stereocenters. The van der Waals surface area contributed by atoms with Gasteiger partial charge in [0.1, 0.15) is 0 Å². The van der Waals surface area contributed by atoms with Gasteiger partial charge in [0.15, 0.2) is 4.77 Å². The van der Waals surface area contributed by atoms with Gasteiger partial charge in [-0.2, -0.15) is 0 Å². The van der Waals surface area contributed by atoms with Crippen LogP contribution in [0.5, 0.6) is 0 Å². The Labute approximate surface area is 123 Å². The van der Waals surface area contributed by atoms with Gasteiger partial charge >= 0.3 is 0 Å². The fourth-order valence-electron chi connectivity index (χ4n) is 2.39. The Balaban J connectivity index is 2.56. The molecule has 0 fully saturated rings. The summed E-state index contributed by atoms with van der Waals surface area (Å²) in [5.41, 5.74) is 2.41. The van der Waals surface area contributed by atoms with E-state index in [4.69, 9.17) is 12.2 Å². The third-order valence-corrected chi connectivity index (χ3v) is 4.84. The van der Waals surface area contributed by atoms with E-state index < -0.39 is 0 Å². The SMILES string of the molecule is Cc1nc(C)c(C(C)n2c(C(C)(C)C)c[nH]c2=S)s1. The third kappa shape index (κ3) is 2.67. The molecule has 0 radical (unpaired) electrons. The summed E-state index contributed by atoms with van der Waals surface area (Å²) >= 11 is 7.22. The summed E-state index contributed by atoms with van der Waals surface area (Å²) in [4.78, 5) is 9.00. The second kappa shape index (κ2) is 4.87. The van der Waals surface area contributed by atoms with E-state index in [1.54, 1.807) is 11.3 Å². The molecule has 3 nitrogen and oxygen atoms in total. The normalized spacial score (nSPS) is 13.8. The minimum atomic E-state index is 0.0649. The van der Waals surface area contributed by atoms with Gasteiger partial charge in [-0.3, -0.25) is 0 Å². The number of H-pyrrole nitrogens is 1. The largest absolute Gasteiger partial charge is 0.337 e. The molecule has 0 aliphatic heterocycles. The number of nitrogens with one attached hydrogen (secondary N) is 1. The molecular formula is C14H21N3S2. The van der Waals surface area contributed by atoms with Gasteiger partial charge in [0.2, 0.25) is 0 Å². The number of thiazole rings is 1. The topological polar surface area (TPSA) is 33.6 Å². The molecule has 1 N–H and O–H groups in total. The molecule has 0 amide bonds. The van der Waals surface area contributed by atoms with Crippen LogP contribution in [-0.2, 0) is 5.41 Å². The van der Waals surface area contributed by atoms with E-state index >= 15 is 0 Å². The van der Waals surface area contributed by atoms with E-state index in [-0.39, 0.29) is 11.5 Å². The number of nitrogens with zero attached hydrogens (tertiary/aromatic N) is 2. The number of hydrogen-bond acceptors (Lipinski definition) is 3. The Morgan fingerprint density at radius 2 is 2.00 bits per heavy atom. The lowest BCUT2D eigenvalue weighted by Gasteiger charge is -2.24. The minimum Gasteiger partial charge on any atom is -0.337 e. The van der Waals surface area contributed by atoms with Crippen molar-refractivity contribution in [1.82, 2.24) is 14.5 Å². The van der Waals surface area contributed by atoms with Crippen molar-refractivity contribution in [2.75, 3.05) is 0 Å². The predicted molar refractivity (Wildman–Crippen MR) is 83.7 cm³/mol. The van der Waals surface area contributed by atoms with Crippen LogP contribution in [0, 0.1) is 18.6 Å². The van der Waals surface area contributed by atoms with E-state index in [1.807, 2.05) is 6.20 Å². The zero-order valence-corrected chi connectivity index (χ0v) is 14.0. The Morgan fingerprint density at radius 1 is 1.37 bits per heavy atom. The smallest absolute Gasteiger partial charge is 0.177 e. The van der Waals surface area contributed by atoms with Crippen molar-refractivity contribution in [3.8, 4) is 0 Å². The molecule has 0 aromatic carbocycles. The summed E-state index contributed by atoms with van der Waals surface area (Å²) in [7, 11) is 0. The number of aromatic nitrogens is 3. The van der Waals surface area contributed by atoms with Gasteiger partial charge in [0.25, 0.3) is 0 Å². The van der Waals surface area contributed by atoms with Crippen LogP contribution in [0.3, 0.4) is 0 Å². The molecule has 0 bridgehead atoms. The molecule has 5 heteroatoms. The van der Waals surface area contributed by atoms with Crippen molar-refractivity contribution in [2.45, 2.75) is 53.0 Å². The van der Waals surface area contributed by atoms with Crippen molar-refractivity contribution in [3.05, 3.63) is 32.2 Å².